The van der Waals surface area contributed by atoms with Crippen molar-refractivity contribution in [3.05, 3.63) is 65.4 Å². The topological polar surface area (TPSA) is 59.1 Å². The number of anilines is 4. The third-order valence-electron chi connectivity index (χ3n) is 3.86. The molecule has 0 fully saturated rings. The molecule has 2 aromatic carbocycles. The summed E-state index contributed by atoms with van der Waals surface area (Å²) in [6.45, 7) is 6.07. The summed E-state index contributed by atoms with van der Waals surface area (Å²) in [5, 5.41) is 6.62. The predicted octanol–water partition coefficient (Wildman–Crippen LogP) is 4.90. The average Bonchev–Trinajstić information content (AvgIpc) is 2.58. The van der Waals surface area contributed by atoms with Crippen molar-refractivity contribution >= 4 is 23.1 Å². The van der Waals surface area contributed by atoms with E-state index in [9.17, 15) is 0 Å². The number of hydrogen-bond donors (Lipinski definition) is 2. The third kappa shape index (κ3) is 4.07. The van der Waals surface area contributed by atoms with Crippen LogP contribution in [0.3, 0.4) is 0 Å². The van der Waals surface area contributed by atoms with Crippen LogP contribution in [0.15, 0.2) is 48.5 Å². The van der Waals surface area contributed by atoms with Crippen LogP contribution in [0, 0.1) is 20.8 Å². The van der Waals surface area contributed by atoms with Crippen molar-refractivity contribution in [2.24, 2.45) is 0 Å². The Morgan fingerprint density at radius 2 is 1.64 bits per heavy atom. The average molecular weight is 334 g/mol. The van der Waals surface area contributed by atoms with E-state index in [1.165, 1.54) is 5.56 Å². The molecule has 0 saturated heterocycles. The number of hydrogen-bond acceptors (Lipinski definition) is 5. The summed E-state index contributed by atoms with van der Waals surface area (Å²) in [7, 11) is 1.65. The summed E-state index contributed by atoms with van der Waals surface area (Å²) in [6.07, 6.45) is 0. The lowest BCUT2D eigenvalue weighted by Gasteiger charge is -2.13. The zero-order valence-electron chi connectivity index (χ0n) is 14.9. The minimum absolute atomic E-state index is 0.561. The Bertz CT molecular complexity index is 893. The van der Waals surface area contributed by atoms with E-state index in [-0.39, 0.29) is 0 Å². The van der Waals surface area contributed by atoms with Gasteiger partial charge < -0.3 is 15.4 Å². The van der Waals surface area contributed by atoms with E-state index in [4.69, 9.17) is 4.74 Å². The highest BCUT2D eigenvalue weighted by Crippen LogP contribution is 2.27. The van der Waals surface area contributed by atoms with Gasteiger partial charge in [-0.05, 0) is 50.1 Å². The van der Waals surface area contributed by atoms with E-state index in [1.54, 1.807) is 7.11 Å². The zero-order valence-corrected chi connectivity index (χ0v) is 14.9. The van der Waals surface area contributed by atoms with Gasteiger partial charge in [-0.1, -0.05) is 24.3 Å². The van der Waals surface area contributed by atoms with Crippen molar-refractivity contribution in [1.82, 2.24) is 9.97 Å². The Kier molecular flexibility index (Phi) is 4.84. The highest BCUT2D eigenvalue weighted by molar-refractivity contribution is 5.66. The van der Waals surface area contributed by atoms with Gasteiger partial charge in [0, 0.05) is 17.4 Å². The van der Waals surface area contributed by atoms with Crippen LogP contribution in [-0.4, -0.2) is 17.1 Å². The number of methoxy groups -OCH3 is 1. The van der Waals surface area contributed by atoms with Crippen LogP contribution in [0.4, 0.5) is 23.1 Å². The molecule has 25 heavy (non-hydrogen) atoms. The Balaban J connectivity index is 1.89. The number of nitrogens with one attached hydrogen (secondary N) is 2. The minimum atomic E-state index is 0.561. The van der Waals surface area contributed by atoms with Gasteiger partial charge in [-0.3, -0.25) is 0 Å². The van der Waals surface area contributed by atoms with Crippen molar-refractivity contribution in [2.45, 2.75) is 20.8 Å². The van der Waals surface area contributed by atoms with Crippen molar-refractivity contribution in [2.75, 3.05) is 17.7 Å². The summed E-state index contributed by atoms with van der Waals surface area (Å²) in [5.74, 6) is 2.04. The van der Waals surface area contributed by atoms with E-state index >= 15 is 0 Å². The van der Waals surface area contributed by atoms with Gasteiger partial charge in [-0.25, -0.2) is 4.98 Å². The van der Waals surface area contributed by atoms with Gasteiger partial charge in [-0.15, -0.1) is 0 Å². The first-order valence-electron chi connectivity index (χ1n) is 8.15. The van der Waals surface area contributed by atoms with E-state index in [1.807, 2.05) is 37.3 Å². The Labute approximate surface area is 148 Å². The summed E-state index contributed by atoms with van der Waals surface area (Å²) in [4.78, 5) is 9.07. The van der Waals surface area contributed by atoms with Gasteiger partial charge in [0.15, 0.2) is 0 Å². The maximum Gasteiger partial charge on any atom is 0.229 e. The molecule has 5 heteroatoms. The summed E-state index contributed by atoms with van der Waals surface area (Å²) >= 11 is 0. The molecule has 0 unspecified atom stereocenters. The standard InChI is InChI=1S/C20H22N4O/c1-13-9-10-14(2)17(11-13)23-20-21-15(3)12-19(24-20)22-16-7-5-6-8-18(16)25-4/h5-12H,1-4H3,(H2,21,22,23,24). The fourth-order valence-corrected chi connectivity index (χ4v) is 2.57. The van der Waals surface area contributed by atoms with E-state index in [2.05, 4.69) is 52.6 Å². The van der Waals surface area contributed by atoms with Gasteiger partial charge in [0.25, 0.3) is 0 Å². The lowest BCUT2D eigenvalue weighted by atomic mass is 10.1. The van der Waals surface area contributed by atoms with E-state index in [0.29, 0.717) is 11.8 Å². The molecule has 3 rings (SSSR count). The fraction of sp³-hybridized carbons (Fsp3) is 0.200. The molecule has 1 heterocycles. The summed E-state index contributed by atoms with van der Waals surface area (Å²) < 4.78 is 5.38. The van der Waals surface area contributed by atoms with Crippen LogP contribution in [0.1, 0.15) is 16.8 Å². The summed E-state index contributed by atoms with van der Waals surface area (Å²) in [5.41, 5.74) is 5.08. The molecular formula is C20H22N4O. The highest BCUT2D eigenvalue weighted by Gasteiger charge is 2.07. The second-order valence-corrected chi connectivity index (χ2v) is 5.99. The third-order valence-corrected chi connectivity index (χ3v) is 3.86. The SMILES string of the molecule is COc1ccccc1Nc1cc(C)nc(Nc2cc(C)ccc2C)n1. The van der Waals surface area contributed by atoms with Gasteiger partial charge in [0.1, 0.15) is 11.6 Å². The Morgan fingerprint density at radius 1 is 0.840 bits per heavy atom. The number of benzene rings is 2. The van der Waals surface area contributed by atoms with Gasteiger partial charge in [-0.2, -0.15) is 4.98 Å². The molecule has 0 aliphatic heterocycles. The van der Waals surface area contributed by atoms with E-state index in [0.717, 1.165) is 28.4 Å². The van der Waals surface area contributed by atoms with Gasteiger partial charge >= 0.3 is 0 Å². The summed E-state index contributed by atoms with van der Waals surface area (Å²) in [6, 6.07) is 15.9. The molecule has 0 aliphatic carbocycles. The first-order chi connectivity index (χ1) is 12.0. The maximum atomic E-state index is 5.38. The highest BCUT2D eigenvalue weighted by atomic mass is 16.5. The monoisotopic (exact) mass is 334 g/mol. The minimum Gasteiger partial charge on any atom is -0.495 e. The Hall–Kier alpha value is -3.08. The smallest absolute Gasteiger partial charge is 0.229 e. The van der Waals surface area contributed by atoms with Gasteiger partial charge in [0.2, 0.25) is 5.95 Å². The van der Waals surface area contributed by atoms with Crippen LogP contribution in [0.25, 0.3) is 0 Å². The van der Waals surface area contributed by atoms with Crippen LogP contribution in [0.5, 0.6) is 5.75 Å². The molecule has 0 atom stereocenters. The van der Waals surface area contributed by atoms with Crippen molar-refractivity contribution in [1.29, 1.82) is 0 Å². The maximum absolute atomic E-state index is 5.38. The second-order valence-electron chi connectivity index (χ2n) is 5.99. The van der Waals surface area contributed by atoms with Crippen molar-refractivity contribution in [3.63, 3.8) is 0 Å². The van der Waals surface area contributed by atoms with Crippen LogP contribution in [0.2, 0.25) is 0 Å². The number of aromatic nitrogens is 2. The number of nitrogens with zero attached hydrogens (tertiary/aromatic N) is 2. The van der Waals surface area contributed by atoms with Crippen molar-refractivity contribution in [3.8, 4) is 5.75 Å². The molecule has 2 N–H and O–H groups in total. The van der Waals surface area contributed by atoms with Crippen LogP contribution in [-0.2, 0) is 0 Å². The molecule has 3 aromatic rings. The molecule has 0 aliphatic rings. The molecule has 0 amide bonds. The van der Waals surface area contributed by atoms with Crippen LogP contribution < -0.4 is 15.4 Å². The lowest BCUT2D eigenvalue weighted by Crippen LogP contribution is -2.04. The first kappa shape index (κ1) is 16.8. The molecule has 5 nitrogen and oxygen atoms in total. The lowest BCUT2D eigenvalue weighted by molar-refractivity contribution is 0.417. The number of aryl methyl sites for hydroxylation is 3. The molecule has 0 bridgehead atoms. The first-order valence-corrected chi connectivity index (χ1v) is 8.15. The normalized spacial score (nSPS) is 10.4. The quantitative estimate of drug-likeness (QED) is 0.695. The number of rotatable bonds is 5. The molecule has 1 aromatic heterocycles. The molecule has 0 saturated carbocycles. The molecule has 0 spiro atoms. The van der Waals surface area contributed by atoms with Gasteiger partial charge in [0.05, 0.1) is 12.8 Å². The second kappa shape index (κ2) is 7.21. The molecule has 0 radical (unpaired) electrons. The number of para-hydroxylation sites is 2. The fourth-order valence-electron chi connectivity index (χ4n) is 2.57. The number of ether oxygens (including phenoxy) is 1. The zero-order chi connectivity index (χ0) is 17.8. The predicted molar refractivity (Wildman–Crippen MR) is 102 cm³/mol. The molecular weight excluding hydrogens is 312 g/mol. The van der Waals surface area contributed by atoms with Crippen LogP contribution >= 0.6 is 0 Å². The largest absolute Gasteiger partial charge is 0.495 e. The Morgan fingerprint density at radius 3 is 2.44 bits per heavy atom. The molecule has 128 valence electrons. The van der Waals surface area contributed by atoms with Crippen molar-refractivity contribution < 1.29 is 4.74 Å². The van der Waals surface area contributed by atoms with E-state index < -0.39 is 0 Å².